The molecule has 6 rings (SSSR count). The maximum Gasteiger partial charge on any atom is 0.433 e. The number of anilines is 1. The molecule has 1 aromatic carbocycles. The lowest BCUT2D eigenvalue weighted by atomic mass is 10.0. The lowest BCUT2D eigenvalue weighted by molar-refractivity contribution is -0.144. The molecule has 13 heteroatoms. The molecule has 3 aromatic heterocycles. The summed E-state index contributed by atoms with van der Waals surface area (Å²) in [6, 6.07) is 5.27. The summed E-state index contributed by atoms with van der Waals surface area (Å²) in [7, 11) is 0. The second-order valence-corrected chi connectivity index (χ2v) is 10.0. The van der Waals surface area contributed by atoms with Crippen LogP contribution in [0.3, 0.4) is 0 Å². The summed E-state index contributed by atoms with van der Waals surface area (Å²) in [4.78, 5) is 15.6. The van der Waals surface area contributed by atoms with Crippen molar-refractivity contribution < 1.29 is 22.3 Å². The van der Waals surface area contributed by atoms with Crippen molar-refractivity contribution in [3.63, 3.8) is 0 Å². The van der Waals surface area contributed by atoms with Gasteiger partial charge in [0.05, 0.1) is 53.3 Å². The summed E-state index contributed by atoms with van der Waals surface area (Å²) in [5.74, 6) is 0.0727. The maximum absolute atomic E-state index is 14.7. The molecule has 206 valence electrons. The van der Waals surface area contributed by atoms with Gasteiger partial charge in [0.25, 0.3) is 0 Å². The van der Waals surface area contributed by atoms with E-state index in [1.54, 1.807) is 13.0 Å². The number of morpholine rings is 1. The third-order valence-electron chi connectivity index (χ3n) is 7.35. The molecule has 0 bridgehead atoms. The number of halogens is 4. The van der Waals surface area contributed by atoms with Crippen LogP contribution in [-0.2, 0) is 10.9 Å². The van der Waals surface area contributed by atoms with Crippen molar-refractivity contribution in [2.75, 3.05) is 37.7 Å². The van der Waals surface area contributed by atoms with Crippen LogP contribution in [0.1, 0.15) is 37.2 Å². The molecule has 2 saturated heterocycles. The Bertz CT molecular complexity index is 1510. The van der Waals surface area contributed by atoms with E-state index in [9.17, 15) is 17.6 Å². The molecule has 0 radical (unpaired) electrons. The van der Waals surface area contributed by atoms with Crippen LogP contribution in [0.25, 0.3) is 28.2 Å². The summed E-state index contributed by atoms with van der Waals surface area (Å²) >= 11 is 0. The Kier molecular flexibility index (Phi) is 6.50. The molecule has 0 spiro atoms. The molecule has 2 aliphatic rings. The quantitative estimate of drug-likeness (QED) is 0.384. The average molecular weight is 545 g/mol. The first-order valence-electron chi connectivity index (χ1n) is 12.9. The molecule has 4 aromatic rings. The highest BCUT2D eigenvalue weighted by molar-refractivity contribution is 5.77. The van der Waals surface area contributed by atoms with Crippen molar-refractivity contribution in [2.24, 2.45) is 0 Å². The molecule has 39 heavy (non-hydrogen) atoms. The van der Waals surface area contributed by atoms with Gasteiger partial charge in [-0.25, -0.2) is 14.4 Å². The first kappa shape index (κ1) is 25.7. The van der Waals surface area contributed by atoms with Gasteiger partial charge < -0.3 is 15.0 Å². The first-order valence-corrected chi connectivity index (χ1v) is 12.9. The normalized spacial score (nSPS) is 19.2. The fourth-order valence-corrected chi connectivity index (χ4v) is 5.45. The van der Waals surface area contributed by atoms with Crippen LogP contribution in [0.4, 0.5) is 23.4 Å². The van der Waals surface area contributed by atoms with Crippen LogP contribution >= 0.6 is 0 Å². The van der Waals surface area contributed by atoms with E-state index < -0.39 is 17.7 Å². The molecular weight excluding hydrogens is 516 g/mol. The molecule has 0 amide bonds. The molecule has 5 heterocycles. The SMILES string of the molecule is Cc1nn(C2CCNCC2)c(C(F)(F)F)c1-c1cc(N2CCOC[C@H]2C)nc(-n2cnc3ccc(F)cc32)n1. The molecule has 1 atom stereocenters. The van der Waals surface area contributed by atoms with Gasteiger partial charge in [0, 0.05) is 18.7 Å². The number of ether oxygens (including phenoxy) is 1. The van der Waals surface area contributed by atoms with Gasteiger partial charge in [0.2, 0.25) is 5.95 Å². The van der Waals surface area contributed by atoms with E-state index in [-0.39, 0.29) is 35.0 Å². The summed E-state index contributed by atoms with van der Waals surface area (Å²) in [5.41, 5.74) is 0.343. The van der Waals surface area contributed by atoms with Crippen molar-refractivity contribution in [1.29, 1.82) is 0 Å². The van der Waals surface area contributed by atoms with Crippen LogP contribution < -0.4 is 10.2 Å². The van der Waals surface area contributed by atoms with Crippen molar-refractivity contribution in [3.8, 4) is 17.2 Å². The van der Waals surface area contributed by atoms with Crippen LogP contribution in [0.15, 0.2) is 30.6 Å². The van der Waals surface area contributed by atoms with E-state index in [1.807, 2.05) is 11.8 Å². The van der Waals surface area contributed by atoms with Gasteiger partial charge in [0.15, 0.2) is 5.69 Å². The van der Waals surface area contributed by atoms with Crippen LogP contribution in [0, 0.1) is 12.7 Å². The van der Waals surface area contributed by atoms with Gasteiger partial charge in [-0.05, 0) is 51.9 Å². The fourth-order valence-electron chi connectivity index (χ4n) is 5.45. The Morgan fingerprint density at radius 1 is 1.10 bits per heavy atom. The predicted octanol–water partition coefficient (Wildman–Crippen LogP) is 4.29. The van der Waals surface area contributed by atoms with E-state index in [4.69, 9.17) is 9.72 Å². The highest BCUT2D eigenvalue weighted by Crippen LogP contribution is 2.42. The minimum Gasteiger partial charge on any atom is -0.377 e. The highest BCUT2D eigenvalue weighted by Gasteiger charge is 2.42. The molecule has 9 nitrogen and oxygen atoms in total. The number of aromatic nitrogens is 6. The molecular formula is C26H28F4N8O. The molecule has 2 aliphatic heterocycles. The standard InChI is InChI=1S/C26H28F4N8O/c1-15-13-39-10-9-36(15)22-12-20(33-25(34-22)37-14-32-19-4-3-17(27)11-21(19)37)23-16(2)35-38(24(23)26(28,29)30)18-5-7-31-8-6-18/h3-4,11-12,14-15,18,31H,5-10,13H2,1-2H3/t15-/m1/s1. The average Bonchev–Trinajstić information content (AvgIpc) is 3.50. The lowest BCUT2D eigenvalue weighted by Gasteiger charge is -2.34. The van der Waals surface area contributed by atoms with Gasteiger partial charge >= 0.3 is 6.18 Å². The Balaban J connectivity index is 1.58. The van der Waals surface area contributed by atoms with Crippen molar-refractivity contribution in [1.82, 2.24) is 34.6 Å². The zero-order chi connectivity index (χ0) is 27.3. The van der Waals surface area contributed by atoms with Crippen molar-refractivity contribution in [3.05, 3.63) is 47.8 Å². The van der Waals surface area contributed by atoms with Gasteiger partial charge in [0.1, 0.15) is 18.0 Å². The predicted molar refractivity (Wildman–Crippen MR) is 136 cm³/mol. The van der Waals surface area contributed by atoms with Gasteiger partial charge in [-0.3, -0.25) is 9.25 Å². The summed E-state index contributed by atoms with van der Waals surface area (Å²) in [6.07, 6.45) is -2.13. The number of fused-ring (bicyclic) bond motifs is 1. The maximum atomic E-state index is 14.7. The van der Waals surface area contributed by atoms with Gasteiger partial charge in [-0.15, -0.1) is 0 Å². The van der Waals surface area contributed by atoms with Crippen molar-refractivity contribution in [2.45, 2.75) is 44.9 Å². The monoisotopic (exact) mass is 544 g/mol. The highest BCUT2D eigenvalue weighted by atomic mass is 19.4. The third-order valence-corrected chi connectivity index (χ3v) is 7.35. The summed E-state index contributed by atoms with van der Waals surface area (Å²) < 4.78 is 66.5. The topological polar surface area (TPSA) is 85.9 Å². The smallest absolute Gasteiger partial charge is 0.377 e. The van der Waals surface area contributed by atoms with Gasteiger partial charge in [-0.2, -0.15) is 23.3 Å². The molecule has 0 aliphatic carbocycles. The zero-order valence-electron chi connectivity index (χ0n) is 21.5. The number of nitrogens with one attached hydrogen (secondary N) is 1. The van der Waals surface area contributed by atoms with Gasteiger partial charge in [-0.1, -0.05) is 0 Å². The number of aryl methyl sites for hydroxylation is 1. The number of hydrogen-bond donors (Lipinski definition) is 1. The van der Waals surface area contributed by atoms with E-state index in [0.29, 0.717) is 62.5 Å². The molecule has 0 unspecified atom stereocenters. The molecule has 0 saturated carbocycles. The Labute approximate surface area is 221 Å². The molecule has 1 N–H and O–H groups in total. The van der Waals surface area contributed by atoms with E-state index in [2.05, 4.69) is 20.4 Å². The number of hydrogen-bond acceptors (Lipinski definition) is 7. The second kappa shape index (κ2) is 9.87. The van der Waals surface area contributed by atoms with E-state index >= 15 is 0 Å². The van der Waals surface area contributed by atoms with Crippen molar-refractivity contribution >= 4 is 16.9 Å². The largest absolute Gasteiger partial charge is 0.433 e. The Hall–Kier alpha value is -3.58. The fraction of sp³-hybridized carbons (Fsp3) is 0.462. The minimum atomic E-state index is -4.66. The summed E-state index contributed by atoms with van der Waals surface area (Å²) in [5, 5.41) is 7.59. The number of benzene rings is 1. The zero-order valence-corrected chi connectivity index (χ0v) is 21.5. The molecule has 2 fully saturated rings. The lowest BCUT2D eigenvalue weighted by Crippen LogP contribution is -2.44. The number of alkyl halides is 3. The van der Waals surface area contributed by atoms with E-state index in [1.165, 1.54) is 29.1 Å². The second-order valence-electron chi connectivity index (χ2n) is 10.0. The summed E-state index contributed by atoms with van der Waals surface area (Å²) in [6.45, 7) is 6.20. The number of nitrogens with zero attached hydrogens (tertiary/aromatic N) is 7. The van der Waals surface area contributed by atoms with Crippen LogP contribution in [-0.4, -0.2) is 68.2 Å². The minimum absolute atomic E-state index is 0.0630. The first-order chi connectivity index (χ1) is 18.7. The van der Waals surface area contributed by atoms with Crippen LogP contribution in [0.2, 0.25) is 0 Å². The third kappa shape index (κ3) is 4.73. The Morgan fingerprint density at radius 2 is 1.90 bits per heavy atom. The number of rotatable bonds is 4. The van der Waals surface area contributed by atoms with E-state index in [0.717, 1.165) is 4.68 Å². The number of piperidine rings is 1. The number of imidazole rings is 1. The van der Waals surface area contributed by atoms with Crippen LogP contribution in [0.5, 0.6) is 0 Å². The Morgan fingerprint density at radius 3 is 2.64 bits per heavy atom.